The van der Waals surface area contributed by atoms with Gasteiger partial charge in [0.05, 0.1) is 27.2 Å². The number of nitrogens with zero attached hydrogens (tertiary/aromatic N) is 1. The van der Waals surface area contributed by atoms with E-state index in [-0.39, 0.29) is 27.8 Å². The Bertz CT molecular complexity index is 1490. The van der Waals surface area contributed by atoms with Gasteiger partial charge in [-0.3, -0.25) is 9.59 Å². The molecule has 0 heterocycles. The third kappa shape index (κ3) is 8.13. The highest BCUT2D eigenvalue weighted by atomic mass is 79.9. The number of anilines is 2. The van der Waals surface area contributed by atoms with E-state index < -0.39 is 30.2 Å². The molecule has 0 bridgehead atoms. The second kappa shape index (κ2) is 12.9. The Labute approximate surface area is 239 Å². The van der Waals surface area contributed by atoms with Gasteiger partial charge in [0.1, 0.15) is 11.6 Å². The van der Waals surface area contributed by atoms with E-state index in [1.807, 2.05) is 0 Å². The molecule has 0 unspecified atom stereocenters. The first kappa shape index (κ1) is 29.8. The third-order valence-electron chi connectivity index (χ3n) is 4.93. The number of carbonyl (C=O) groups excluding carboxylic acids is 2. The van der Waals surface area contributed by atoms with Gasteiger partial charge in [-0.05, 0) is 76.1 Å². The van der Waals surface area contributed by atoms with E-state index >= 15 is 0 Å². The standard InChI is InChI=1S/C26H17BrCl2F3N3O4/c1-38-22-9-14(7-15(12-33)25(37)35-17-4-2-3-16(10-17)26(30,31)32)8-19(27)24(22)39-13-23(36)34-18-5-6-20(28)21(29)11-18/h2-11H,13H2,1H3,(H,34,36)(H,35,37)/b15-7+. The van der Waals surface area contributed by atoms with Gasteiger partial charge in [-0.15, -0.1) is 0 Å². The zero-order chi connectivity index (χ0) is 28.7. The normalized spacial score (nSPS) is 11.4. The summed E-state index contributed by atoms with van der Waals surface area (Å²) in [5.41, 5.74) is -0.703. The van der Waals surface area contributed by atoms with Crippen molar-refractivity contribution in [3.05, 3.63) is 85.8 Å². The molecule has 202 valence electrons. The SMILES string of the molecule is COc1cc(/C=C(\C#N)C(=O)Nc2cccc(C(F)(F)F)c2)cc(Br)c1OCC(=O)Nc1ccc(Cl)c(Cl)c1. The summed E-state index contributed by atoms with van der Waals surface area (Å²) < 4.78 is 50.1. The summed E-state index contributed by atoms with van der Waals surface area (Å²) in [5.74, 6) is -1.06. The molecule has 0 fully saturated rings. The monoisotopic (exact) mass is 641 g/mol. The third-order valence-corrected chi connectivity index (χ3v) is 6.25. The average molecular weight is 643 g/mol. The Morgan fingerprint density at radius 3 is 2.41 bits per heavy atom. The lowest BCUT2D eigenvalue weighted by Crippen LogP contribution is -2.20. The fourth-order valence-electron chi connectivity index (χ4n) is 3.16. The highest BCUT2D eigenvalue weighted by Crippen LogP contribution is 2.37. The van der Waals surface area contributed by atoms with Gasteiger partial charge in [-0.2, -0.15) is 18.4 Å². The molecule has 0 spiro atoms. The molecule has 2 N–H and O–H groups in total. The van der Waals surface area contributed by atoms with Gasteiger partial charge in [0.15, 0.2) is 18.1 Å². The summed E-state index contributed by atoms with van der Waals surface area (Å²) in [5, 5.41) is 15.0. The van der Waals surface area contributed by atoms with E-state index in [0.29, 0.717) is 20.7 Å². The number of amides is 2. The van der Waals surface area contributed by atoms with Gasteiger partial charge < -0.3 is 20.1 Å². The van der Waals surface area contributed by atoms with Gasteiger partial charge in [0.25, 0.3) is 11.8 Å². The molecule has 3 aromatic rings. The minimum atomic E-state index is -4.59. The zero-order valence-electron chi connectivity index (χ0n) is 19.8. The topological polar surface area (TPSA) is 100 Å². The van der Waals surface area contributed by atoms with E-state index in [0.717, 1.165) is 18.2 Å². The fourth-order valence-corrected chi connectivity index (χ4v) is 4.03. The zero-order valence-corrected chi connectivity index (χ0v) is 22.9. The van der Waals surface area contributed by atoms with E-state index in [1.165, 1.54) is 43.5 Å². The first-order chi connectivity index (χ1) is 18.4. The second-order valence-electron chi connectivity index (χ2n) is 7.70. The van der Waals surface area contributed by atoms with Crippen molar-refractivity contribution in [2.45, 2.75) is 6.18 Å². The molecule has 3 aromatic carbocycles. The summed E-state index contributed by atoms with van der Waals surface area (Å²) in [6.45, 7) is -0.396. The number of rotatable bonds is 8. The number of hydrogen-bond acceptors (Lipinski definition) is 5. The molecule has 0 saturated heterocycles. The predicted octanol–water partition coefficient (Wildman–Crippen LogP) is 7.35. The van der Waals surface area contributed by atoms with Crippen LogP contribution < -0.4 is 20.1 Å². The molecule has 0 saturated carbocycles. The van der Waals surface area contributed by atoms with Crippen LogP contribution in [0.3, 0.4) is 0 Å². The lowest BCUT2D eigenvalue weighted by Gasteiger charge is -2.14. The molecule has 13 heteroatoms. The molecule has 3 rings (SSSR count). The number of methoxy groups -OCH3 is 1. The maximum absolute atomic E-state index is 12.9. The Kier molecular flexibility index (Phi) is 9.86. The van der Waals surface area contributed by atoms with Gasteiger partial charge >= 0.3 is 6.18 Å². The van der Waals surface area contributed by atoms with Crippen LogP contribution >= 0.6 is 39.1 Å². The second-order valence-corrected chi connectivity index (χ2v) is 9.37. The molecule has 0 aliphatic rings. The molecule has 7 nitrogen and oxygen atoms in total. The number of hydrogen-bond donors (Lipinski definition) is 2. The summed E-state index contributed by atoms with van der Waals surface area (Å²) in [6.07, 6.45) is -3.37. The fraction of sp³-hybridized carbons (Fsp3) is 0.115. The van der Waals surface area contributed by atoms with Crippen molar-refractivity contribution in [3.8, 4) is 17.6 Å². The van der Waals surface area contributed by atoms with Crippen molar-refractivity contribution in [1.82, 2.24) is 0 Å². The minimum Gasteiger partial charge on any atom is -0.493 e. The van der Waals surface area contributed by atoms with Crippen molar-refractivity contribution in [3.63, 3.8) is 0 Å². The van der Waals surface area contributed by atoms with E-state index in [9.17, 15) is 28.0 Å². The Hall–Kier alpha value is -3.72. The van der Waals surface area contributed by atoms with Gasteiger partial charge in [-0.25, -0.2) is 0 Å². The molecule has 0 atom stereocenters. The summed E-state index contributed by atoms with van der Waals surface area (Å²) in [7, 11) is 1.35. The van der Waals surface area contributed by atoms with Gasteiger partial charge in [-0.1, -0.05) is 29.3 Å². The largest absolute Gasteiger partial charge is 0.493 e. The van der Waals surface area contributed by atoms with E-state index in [2.05, 4.69) is 26.6 Å². The van der Waals surface area contributed by atoms with E-state index in [1.54, 1.807) is 12.1 Å². The smallest absolute Gasteiger partial charge is 0.416 e. The van der Waals surface area contributed by atoms with Crippen LogP contribution in [0.15, 0.2) is 64.6 Å². The molecule has 2 amide bonds. The summed E-state index contributed by atoms with van der Waals surface area (Å²) in [6, 6.07) is 13.3. The van der Waals surface area contributed by atoms with Crippen molar-refractivity contribution >= 4 is 68.4 Å². The van der Waals surface area contributed by atoms with Crippen molar-refractivity contribution in [1.29, 1.82) is 5.26 Å². The number of nitrogens with one attached hydrogen (secondary N) is 2. The van der Waals surface area contributed by atoms with Crippen molar-refractivity contribution in [2.24, 2.45) is 0 Å². The maximum Gasteiger partial charge on any atom is 0.416 e. The average Bonchev–Trinajstić information content (AvgIpc) is 2.88. The van der Waals surface area contributed by atoms with Crippen LogP contribution in [-0.2, 0) is 15.8 Å². The first-order valence-electron chi connectivity index (χ1n) is 10.8. The van der Waals surface area contributed by atoms with Gasteiger partial charge in [0, 0.05) is 11.4 Å². The molecular weight excluding hydrogens is 626 g/mol. The highest BCUT2D eigenvalue weighted by molar-refractivity contribution is 9.10. The molecule has 0 radical (unpaired) electrons. The van der Waals surface area contributed by atoms with E-state index in [4.69, 9.17) is 32.7 Å². The Morgan fingerprint density at radius 2 is 1.77 bits per heavy atom. The van der Waals surface area contributed by atoms with Crippen LogP contribution in [0.5, 0.6) is 11.5 Å². The number of benzene rings is 3. The van der Waals surface area contributed by atoms with Crippen LogP contribution in [0.2, 0.25) is 10.0 Å². The van der Waals surface area contributed by atoms with Crippen LogP contribution in [0.1, 0.15) is 11.1 Å². The van der Waals surface area contributed by atoms with Crippen LogP contribution in [0.4, 0.5) is 24.5 Å². The number of halogens is 6. The van der Waals surface area contributed by atoms with Crippen LogP contribution in [0, 0.1) is 11.3 Å². The lowest BCUT2D eigenvalue weighted by molar-refractivity contribution is -0.137. The minimum absolute atomic E-state index is 0.127. The number of nitriles is 1. The molecule has 0 aromatic heterocycles. The quantitative estimate of drug-likeness (QED) is 0.198. The number of alkyl halides is 3. The lowest BCUT2D eigenvalue weighted by atomic mass is 10.1. The number of ether oxygens (including phenoxy) is 2. The Morgan fingerprint density at radius 1 is 1.05 bits per heavy atom. The predicted molar refractivity (Wildman–Crippen MR) is 145 cm³/mol. The Balaban J connectivity index is 1.74. The molecule has 0 aliphatic carbocycles. The van der Waals surface area contributed by atoms with Crippen molar-refractivity contribution < 1.29 is 32.2 Å². The molecule has 39 heavy (non-hydrogen) atoms. The summed E-state index contributed by atoms with van der Waals surface area (Å²) in [4.78, 5) is 24.9. The maximum atomic E-state index is 12.9. The summed E-state index contributed by atoms with van der Waals surface area (Å²) >= 11 is 15.1. The van der Waals surface area contributed by atoms with Crippen LogP contribution in [0.25, 0.3) is 6.08 Å². The van der Waals surface area contributed by atoms with Gasteiger partial charge in [0.2, 0.25) is 0 Å². The molecule has 0 aliphatic heterocycles. The van der Waals surface area contributed by atoms with Crippen molar-refractivity contribution in [2.75, 3.05) is 24.4 Å². The van der Waals surface area contributed by atoms with Crippen LogP contribution in [-0.4, -0.2) is 25.5 Å². The first-order valence-corrected chi connectivity index (χ1v) is 12.3. The highest BCUT2D eigenvalue weighted by Gasteiger charge is 2.30. The number of carbonyl (C=O) groups is 2. The molecular formula is C26H17BrCl2F3N3O4.